The van der Waals surface area contributed by atoms with E-state index in [2.05, 4.69) is 26.8 Å². The highest BCUT2D eigenvalue weighted by atomic mass is 14.7. The van der Waals surface area contributed by atoms with Crippen molar-refractivity contribution in [2.75, 3.05) is 0 Å². The Bertz CT molecular complexity index is 207. The minimum Gasteiger partial charge on any atom is -0.327 e. The zero-order valence-electron chi connectivity index (χ0n) is 10.7. The summed E-state index contributed by atoms with van der Waals surface area (Å²) in [5.41, 5.74) is 8.04. The first-order chi connectivity index (χ1) is 7.10. The number of allylic oxidation sites excluding steroid dienone is 1. The van der Waals surface area contributed by atoms with Gasteiger partial charge in [0.15, 0.2) is 0 Å². The quantitative estimate of drug-likeness (QED) is 0.551. The van der Waals surface area contributed by atoms with Gasteiger partial charge in [-0.2, -0.15) is 0 Å². The molecule has 1 heteroatoms. The molecule has 0 aromatic heterocycles. The van der Waals surface area contributed by atoms with Crippen molar-refractivity contribution in [3.05, 3.63) is 11.6 Å². The molecule has 0 aromatic carbocycles. The standard InChI is InChI=1S/C14H27N/c1-4-12(2)11-14(13(3)15)9-7-5-6-8-10-14/h11,13H,4-10,15H2,1-3H3. The molecule has 1 aliphatic rings. The summed E-state index contributed by atoms with van der Waals surface area (Å²) in [6, 6.07) is 0.303. The van der Waals surface area contributed by atoms with Gasteiger partial charge < -0.3 is 5.73 Å². The van der Waals surface area contributed by atoms with Crippen molar-refractivity contribution in [1.82, 2.24) is 0 Å². The highest BCUT2D eigenvalue weighted by molar-refractivity contribution is 5.10. The van der Waals surface area contributed by atoms with Crippen LogP contribution in [0.5, 0.6) is 0 Å². The Balaban J connectivity index is 2.85. The van der Waals surface area contributed by atoms with Gasteiger partial charge in [-0.1, -0.05) is 44.3 Å². The highest BCUT2D eigenvalue weighted by Gasteiger charge is 2.32. The van der Waals surface area contributed by atoms with E-state index in [9.17, 15) is 0 Å². The lowest BCUT2D eigenvalue weighted by Crippen LogP contribution is -2.38. The molecule has 0 spiro atoms. The summed E-state index contributed by atoms with van der Waals surface area (Å²) in [6.07, 6.45) is 11.7. The Hall–Kier alpha value is -0.300. The zero-order valence-corrected chi connectivity index (χ0v) is 10.7. The van der Waals surface area contributed by atoms with E-state index in [1.165, 1.54) is 44.1 Å². The normalized spacial score (nSPS) is 24.7. The molecule has 1 atom stereocenters. The van der Waals surface area contributed by atoms with Crippen molar-refractivity contribution in [3.8, 4) is 0 Å². The maximum Gasteiger partial charge on any atom is 0.0102 e. The van der Waals surface area contributed by atoms with Gasteiger partial charge in [0.05, 0.1) is 0 Å². The zero-order chi connectivity index (χ0) is 11.3. The highest BCUT2D eigenvalue weighted by Crippen LogP contribution is 2.39. The van der Waals surface area contributed by atoms with Crippen LogP contribution in [0.1, 0.15) is 65.7 Å². The Morgan fingerprint density at radius 2 is 1.80 bits per heavy atom. The number of nitrogens with two attached hydrogens (primary N) is 1. The fraction of sp³-hybridized carbons (Fsp3) is 0.857. The van der Waals surface area contributed by atoms with Crippen LogP contribution in [0.25, 0.3) is 0 Å². The van der Waals surface area contributed by atoms with E-state index < -0.39 is 0 Å². The summed E-state index contributed by atoms with van der Waals surface area (Å²) < 4.78 is 0. The van der Waals surface area contributed by atoms with Crippen molar-refractivity contribution in [3.63, 3.8) is 0 Å². The van der Waals surface area contributed by atoms with E-state index in [-0.39, 0.29) is 0 Å². The van der Waals surface area contributed by atoms with Gasteiger partial charge in [0.2, 0.25) is 0 Å². The summed E-state index contributed by atoms with van der Waals surface area (Å²) in [5, 5.41) is 0. The molecule has 15 heavy (non-hydrogen) atoms. The first-order valence-corrected chi connectivity index (χ1v) is 6.54. The van der Waals surface area contributed by atoms with Crippen molar-refractivity contribution in [1.29, 1.82) is 0 Å². The van der Waals surface area contributed by atoms with E-state index in [4.69, 9.17) is 5.73 Å². The van der Waals surface area contributed by atoms with Crippen LogP contribution in [0.2, 0.25) is 0 Å². The molecule has 1 aliphatic carbocycles. The lowest BCUT2D eigenvalue weighted by Gasteiger charge is -2.34. The smallest absolute Gasteiger partial charge is 0.0102 e. The largest absolute Gasteiger partial charge is 0.327 e. The Morgan fingerprint density at radius 3 is 2.20 bits per heavy atom. The van der Waals surface area contributed by atoms with Crippen molar-refractivity contribution in [2.24, 2.45) is 11.1 Å². The molecule has 1 saturated carbocycles. The van der Waals surface area contributed by atoms with Crippen molar-refractivity contribution < 1.29 is 0 Å². The minimum absolute atomic E-state index is 0.302. The molecule has 0 aromatic rings. The average Bonchev–Trinajstić information content (AvgIpc) is 2.44. The topological polar surface area (TPSA) is 26.0 Å². The molecule has 1 nitrogen and oxygen atoms in total. The van der Waals surface area contributed by atoms with Crippen LogP contribution in [-0.4, -0.2) is 6.04 Å². The van der Waals surface area contributed by atoms with E-state index in [0.29, 0.717) is 11.5 Å². The summed E-state index contributed by atoms with van der Waals surface area (Å²) in [7, 11) is 0. The molecule has 0 saturated heterocycles. The summed E-state index contributed by atoms with van der Waals surface area (Å²) in [4.78, 5) is 0. The predicted octanol–water partition coefficient (Wildman–Crippen LogP) is 4.03. The van der Waals surface area contributed by atoms with Crippen molar-refractivity contribution in [2.45, 2.75) is 71.8 Å². The maximum absolute atomic E-state index is 6.23. The van der Waals surface area contributed by atoms with E-state index in [1.807, 2.05) is 0 Å². The van der Waals surface area contributed by atoms with Crippen LogP contribution in [0.4, 0.5) is 0 Å². The molecule has 0 radical (unpaired) electrons. The van der Waals surface area contributed by atoms with Crippen LogP contribution >= 0.6 is 0 Å². The third kappa shape index (κ3) is 3.34. The lowest BCUT2D eigenvalue weighted by molar-refractivity contribution is 0.272. The second kappa shape index (κ2) is 5.69. The fourth-order valence-corrected chi connectivity index (χ4v) is 2.71. The minimum atomic E-state index is 0.302. The molecule has 0 amide bonds. The van der Waals surface area contributed by atoms with Gasteiger partial charge in [0.1, 0.15) is 0 Å². The monoisotopic (exact) mass is 209 g/mol. The molecular weight excluding hydrogens is 182 g/mol. The SMILES string of the molecule is CCC(C)=CC1(C(C)N)CCCCCC1. The van der Waals surface area contributed by atoms with Crippen molar-refractivity contribution >= 4 is 0 Å². The second-order valence-electron chi connectivity index (χ2n) is 5.28. The van der Waals surface area contributed by atoms with Gasteiger partial charge >= 0.3 is 0 Å². The number of hydrogen-bond acceptors (Lipinski definition) is 1. The van der Waals surface area contributed by atoms with Crippen LogP contribution in [0.15, 0.2) is 11.6 Å². The van der Waals surface area contributed by atoms with Crippen LogP contribution in [0.3, 0.4) is 0 Å². The van der Waals surface area contributed by atoms with Gasteiger partial charge in [-0.15, -0.1) is 0 Å². The first kappa shape index (κ1) is 12.8. The molecular formula is C14H27N. The Morgan fingerprint density at radius 1 is 1.27 bits per heavy atom. The molecule has 0 bridgehead atoms. The summed E-state index contributed by atoms with van der Waals surface area (Å²) in [6.45, 7) is 6.66. The van der Waals surface area contributed by atoms with Crippen LogP contribution in [-0.2, 0) is 0 Å². The molecule has 2 N–H and O–H groups in total. The fourth-order valence-electron chi connectivity index (χ4n) is 2.71. The molecule has 0 heterocycles. The lowest BCUT2D eigenvalue weighted by atomic mass is 9.73. The van der Waals surface area contributed by atoms with Gasteiger partial charge in [-0.25, -0.2) is 0 Å². The van der Waals surface area contributed by atoms with Gasteiger partial charge in [0.25, 0.3) is 0 Å². The van der Waals surface area contributed by atoms with Gasteiger partial charge in [-0.05, 0) is 33.1 Å². The number of rotatable bonds is 3. The van der Waals surface area contributed by atoms with Gasteiger partial charge in [0, 0.05) is 11.5 Å². The van der Waals surface area contributed by atoms with E-state index in [0.717, 1.165) is 6.42 Å². The predicted molar refractivity (Wildman–Crippen MR) is 67.8 cm³/mol. The first-order valence-electron chi connectivity index (χ1n) is 6.54. The molecule has 1 unspecified atom stereocenters. The van der Waals surface area contributed by atoms with E-state index in [1.54, 1.807) is 0 Å². The average molecular weight is 209 g/mol. The second-order valence-corrected chi connectivity index (χ2v) is 5.28. The van der Waals surface area contributed by atoms with E-state index >= 15 is 0 Å². The summed E-state index contributed by atoms with van der Waals surface area (Å²) in [5.74, 6) is 0. The Labute approximate surface area is 95.1 Å². The molecule has 88 valence electrons. The number of hydrogen-bond donors (Lipinski definition) is 1. The summed E-state index contributed by atoms with van der Waals surface area (Å²) >= 11 is 0. The maximum atomic E-state index is 6.23. The molecule has 1 rings (SSSR count). The Kier molecular flexibility index (Phi) is 4.85. The third-order valence-electron chi connectivity index (χ3n) is 4.03. The van der Waals surface area contributed by atoms with Crippen LogP contribution in [0, 0.1) is 5.41 Å². The van der Waals surface area contributed by atoms with Gasteiger partial charge in [-0.3, -0.25) is 0 Å². The van der Waals surface area contributed by atoms with Crippen LogP contribution < -0.4 is 5.73 Å². The third-order valence-corrected chi connectivity index (χ3v) is 4.03. The molecule has 0 aliphatic heterocycles. The molecule has 1 fully saturated rings.